The average Bonchev–Trinajstić information content (AvgIpc) is 3.33. The highest BCUT2D eigenvalue weighted by Gasteiger charge is 2.35. The van der Waals surface area contributed by atoms with Crippen LogP contribution in [0.15, 0.2) is 71.6 Å². The largest absolute Gasteiger partial charge is 0.465 e. The van der Waals surface area contributed by atoms with Gasteiger partial charge in [0.25, 0.3) is 0 Å². The van der Waals surface area contributed by atoms with E-state index in [4.69, 9.17) is 9.47 Å². The van der Waals surface area contributed by atoms with Crippen LogP contribution in [0.4, 0.5) is 0 Å². The van der Waals surface area contributed by atoms with Crippen molar-refractivity contribution in [2.75, 3.05) is 26.8 Å². The average molecular weight is 534 g/mol. The molecule has 3 aromatic rings. The Labute approximate surface area is 221 Å². The number of carbonyl (C=O) groups is 3. The molecule has 1 aliphatic heterocycles. The van der Waals surface area contributed by atoms with Gasteiger partial charge in [-0.1, -0.05) is 48.5 Å². The van der Waals surface area contributed by atoms with Crippen molar-refractivity contribution in [2.24, 2.45) is 5.92 Å². The summed E-state index contributed by atoms with van der Waals surface area (Å²) in [6.07, 6.45) is 1.34. The maximum Gasteiger partial charge on any atom is 0.339 e. The molecular weight excluding hydrogens is 506 g/mol. The van der Waals surface area contributed by atoms with E-state index < -0.39 is 27.9 Å². The molecule has 1 heterocycles. The smallest absolute Gasteiger partial charge is 0.339 e. The highest BCUT2D eigenvalue weighted by atomic mass is 32.2. The topological polar surface area (TPSA) is 107 Å². The van der Waals surface area contributed by atoms with Crippen molar-refractivity contribution in [3.05, 3.63) is 89.0 Å². The molecule has 0 N–H and O–H groups in total. The summed E-state index contributed by atoms with van der Waals surface area (Å²) in [5.41, 5.74) is 4.98. The van der Waals surface area contributed by atoms with Crippen LogP contribution < -0.4 is 0 Å². The van der Waals surface area contributed by atoms with E-state index in [1.807, 2.05) is 30.3 Å². The first-order valence-corrected chi connectivity index (χ1v) is 13.8. The predicted octanol–water partition coefficient (Wildman–Crippen LogP) is 3.87. The van der Waals surface area contributed by atoms with Crippen LogP contribution in [-0.4, -0.2) is 57.3 Å². The number of carbonyl (C=O) groups excluding carboxylic acids is 3. The Balaban J connectivity index is 1.18. The van der Waals surface area contributed by atoms with Crippen molar-refractivity contribution in [1.82, 2.24) is 4.31 Å². The molecule has 196 valence electrons. The highest BCUT2D eigenvalue weighted by molar-refractivity contribution is 7.89. The molecule has 0 bridgehead atoms. The summed E-state index contributed by atoms with van der Waals surface area (Å²) in [6, 6.07) is 19.5. The van der Waals surface area contributed by atoms with Gasteiger partial charge in [-0.25, -0.2) is 13.2 Å². The molecule has 0 aromatic heterocycles. The number of ether oxygens (including phenoxy) is 2. The molecule has 0 unspecified atom stereocenters. The number of fused-ring (bicyclic) bond motifs is 3. The maximum atomic E-state index is 13.2. The van der Waals surface area contributed by atoms with Crippen LogP contribution >= 0.6 is 0 Å². The lowest BCUT2D eigenvalue weighted by Gasteiger charge is -2.30. The summed E-state index contributed by atoms with van der Waals surface area (Å²) in [7, 11) is -2.77. The van der Waals surface area contributed by atoms with Crippen molar-refractivity contribution in [3.8, 4) is 11.1 Å². The molecule has 38 heavy (non-hydrogen) atoms. The molecule has 1 saturated heterocycles. The summed E-state index contributed by atoms with van der Waals surface area (Å²) >= 11 is 0. The van der Waals surface area contributed by atoms with Crippen LogP contribution in [0.2, 0.25) is 0 Å². The summed E-state index contributed by atoms with van der Waals surface area (Å²) in [6.45, 7) is -0.185. The van der Waals surface area contributed by atoms with Gasteiger partial charge in [0, 0.05) is 18.7 Å². The minimum Gasteiger partial charge on any atom is -0.465 e. The molecule has 5 rings (SSSR count). The number of ketones is 1. The van der Waals surface area contributed by atoms with E-state index in [1.54, 1.807) is 18.2 Å². The van der Waals surface area contributed by atoms with Crippen LogP contribution in [0, 0.1) is 5.92 Å². The monoisotopic (exact) mass is 533 g/mol. The fourth-order valence-electron chi connectivity index (χ4n) is 5.08. The number of Topliss-reactive ketones (excluding diaryl/α,β-unsaturated/α-hetero) is 1. The van der Waals surface area contributed by atoms with Gasteiger partial charge in [-0.05, 0) is 59.7 Å². The molecule has 1 aliphatic carbocycles. The van der Waals surface area contributed by atoms with Gasteiger partial charge in [0.05, 0.1) is 23.5 Å². The highest BCUT2D eigenvalue weighted by Crippen LogP contribution is 2.37. The summed E-state index contributed by atoms with van der Waals surface area (Å²) in [4.78, 5) is 37.4. The van der Waals surface area contributed by atoms with Gasteiger partial charge < -0.3 is 9.47 Å². The van der Waals surface area contributed by atoms with Gasteiger partial charge in [-0.3, -0.25) is 9.59 Å². The van der Waals surface area contributed by atoms with Crippen molar-refractivity contribution in [3.63, 3.8) is 0 Å². The molecule has 3 aromatic carbocycles. The van der Waals surface area contributed by atoms with Crippen molar-refractivity contribution in [1.29, 1.82) is 0 Å². The van der Waals surface area contributed by atoms with Gasteiger partial charge in [0.2, 0.25) is 10.0 Å². The van der Waals surface area contributed by atoms with Gasteiger partial charge in [-0.2, -0.15) is 4.31 Å². The molecule has 0 saturated carbocycles. The SMILES string of the molecule is COC(=O)c1ccccc1S(=O)(=O)N1CCC(C(=O)OCC(=O)c2ccc3c(c2)-c2ccccc2C3)CC1. The third-order valence-electron chi connectivity index (χ3n) is 7.16. The second-order valence-corrected chi connectivity index (χ2v) is 11.3. The van der Waals surface area contributed by atoms with Crippen molar-refractivity contribution >= 4 is 27.7 Å². The Morgan fingerprint density at radius 2 is 1.58 bits per heavy atom. The Bertz CT molecular complexity index is 1520. The summed E-state index contributed by atoms with van der Waals surface area (Å²) in [5, 5.41) is 0. The molecule has 2 aliphatic rings. The van der Waals surface area contributed by atoms with E-state index in [0.717, 1.165) is 23.1 Å². The molecule has 0 radical (unpaired) electrons. The van der Waals surface area contributed by atoms with Crippen LogP contribution in [0.1, 0.15) is 44.7 Å². The van der Waals surface area contributed by atoms with E-state index in [-0.39, 0.29) is 48.8 Å². The number of nitrogens with zero attached hydrogens (tertiary/aromatic N) is 1. The van der Waals surface area contributed by atoms with E-state index >= 15 is 0 Å². The number of hydrogen-bond acceptors (Lipinski definition) is 7. The third kappa shape index (κ3) is 4.87. The standard InChI is InChI=1S/C29H27NO7S/c1-36-29(33)24-8-4-5-9-27(24)38(34,35)30-14-12-19(13-15-30)28(32)37-18-26(31)22-11-10-21-16-20-6-2-3-7-23(20)25(21)17-22/h2-11,17,19H,12-16,18H2,1H3. The Morgan fingerprint density at radius 1 is 0.895 bits per heavy atom. The fraction of sp³-hybridized carbons (Fsp3) is 0.276. The van der Waals surface area contributed by atoms with Crippen LogP contribution in [0.3, 0.4) is 0 Å². The molecule has 8 nitrogen and oxygen atoms in total. The molecule has 0 amide bonds. The fourth-order valence-corrected chi connectivity index (χ4v) is 6.73. The first kappa shape index (κ1) is 25.8. The Hall–Kier alpha value is -3.82. The number of rotatable bonds is 7. The second-order valence-electron chi connectivity index (χ2n) is 9.40. The Kier molecular flexibility index (Phi) is 7.14. The van der Waals surface area contributed by atoms with Crippen LogP contribution in [0.5, 0.6) is 0 Å². The van der Waals surface area contributed by atoms with E-state index in [1.165, 1.54) is 29.1 Å². The van der Waals surface area contributed by atoms with Gasteiger partial charge >= 0.3 is 11.9 Å². The molecule has 1 fully saturated rings. The number of esters is 2. The minimum atomic E-state index is -3.96. The molecular formula is C29H27NO7S. The van der Waals surface area contributed by atoms with Crippen molar-refractivity contribution < 1.29 is 32.3 Å². The molecule has 0 spiro atoms. The molecule has 0 atom stereocenters. The third-order valence-corrected chi connectivity index (χ3v) is 9.12. The van der Waals surface area contributed by atoms with Crippen molar-refractivity contribution in [2.45, 2.75) is 24.2 Å². The summed E-state index contributed by atoms with van der Waals surface area (Å²) < 4.78 is 37.7. The predicted molar refractivity (Wildman–Crippen MR) is 139 cm³/mol. The van der Waals surface area contributed by atoms with E-state index in [0.29, 0.717) is 5.56 Å². The van der Waals surface area contributed by atoms with Gasteiger partial charge in [0.1, 0.15) is 0 Å². The number of benzene rings is 3. The van der Waals surface area contributed by atoms with E-state index in [9.17, 15) is 22.8 Å². The van der Waals surface area contributed by atoms with Gasteiger partial charge in [0.15, 0.2) is 12.4 Å². The number of hydrogen-bond donors (Lipinski definition) is 0. The lowest BCUT2D eigenvalue weighted by molar-refractivity contribution is -0.148. The van der Waals surface area contributed by atoms with Gasteiger partial charge in [-0.15, -0.1) is 0 Å². The van der Waals surface area contributed by atoms with E-state index in [2.05, 4.69) is 6.07 Å². The Morgan fingerprint density at radius 3 is 2.34 bits per heavy atom. The zero-order valence-corrected chi connectivity index (χ0v) is 21.7. The zero-order chi connectivity index (χ0) is 26.9. The number of piperidine rings is 1. The maximum absolute atomic E-state index is 13.2. The second kappa shape index (κ2) is 10.5. The number of sulfonamides is 1. The minimum absolute atomic E-state index is 0.0370. The molecule has 9 heteroatoms. The zero-order valence-electron chi connectivity index (χ0n) is 20.9. The lowest BCUT2D eigenvalue weighted by Crippen LogP contribution is -2.41. The first-order chi connectivity index (χ1) is 18.3. The lowest BCUT2D eigenvalue weighted by atomic mass is 9.98. The quantitative estimate of drug-likeness (QED) is 0.262. The van der Waals surface area contributed by atoms with Crippen LogP contribution in [0.25, 0.3) is 11.1 Å². The normalized spacial score (nSPS) is 15.4. The first-order valence-electron chi connectivity index (χ1n) is 12.4. The van der Waals surface area contributed by atoms with Crippen LogP contribution in [-0.2, 0) is 30.7 Å². The number of methoxy groups -OCH3 is 1. The summed E-state index contributed by atoms with van der Waals surface area (Å²) in [5.74, 6) is -2.06.